The first-order chi connectivity index (χ1) is 6.04. The summed E-state index contributed by atoms with van der Waals surface area (Å²) >= 11 is 8.05. The van der Waals surface area contributed by atoms with Crippen LogP contribution in [0.5, 0.6) is 0 Å². The number of hydrogen-bond donors (Lipinski definition) is 2. The summed E-state index contributed by atoms with van der Waals surface area (Å²) in [5.41, 5.74) is 6.69. The highest BCUT2D eigenvalue weighted by molar-refractivity contribution is 14.1. The average molecular weight is 312 g/mol. The second-order valence-electron chi connectivity index (χ2n) is 2.91. The van der Waals surface area contributed by atoms with Gasteiger partial charge in [-0.05, 0) is 41.1 Å². The van der Waals surface area contributed by atoms with Gasteiger partial charge in [-0.3, -0.25) is 0 Å². The van der Waals surface area contributed by atoms with E-state index in [0.717, 1.165) is 9.13 Å². The van der Waals surface area contributed by atoms with E-state index in [0.29, 0.717) is 5.02 Å². The van der Waals surface area contributed by atoms with Crippen molar-refractivity contribution in [2.24, 2.45) is 5.73 Å². The van der Waals surface area contributed by atoms with Crippen LogP contribution in [0.1, 0.15) is 18.5 Å². The Morgan fingerprint density at radius 2 is 2.15 bits per heavy atom. The van der Waals surface area contributed by atoms with Crippen LogP contribution >= 0.6 is 34.2 Å². The van der Waals surface area contributed by atoms with Crippen molar-refractivity contribution >= 4 is 34.2 Å². The molecule has 3 N–H and O–H groups in total. The molecule has 0 aliphatic rings. The van der Waals surface area contributed by atoms with E-state index < -0.39 is 6.10 Å². The van der Waals surface area contributed by atoms with Crippen LogP contribution in [0.15, 0.2) is 18.2 Å². The maximum atomic E-state index is 9.32. The quantitative estimate of drug-likeness (QED) is 0.824. The Morgan fingerprint density at radius 3 is 2.69 bits per heavy atom. The molecule has 4 heteroatoms. The Balaban J connectivity index is 3.07. The third-order valence-electron chi connectivity index (χ3n) is 1.86. The standard InChI is InChI=1S/C9H11ClINO/c1-5(13)9(12)6-3-2-4-7(10)8(6)11/h2-5,9,13H,12H2,1H3/t5-,9-/m1/s1. The molecule has 0 aliphatic carbocycles. The Labute approximate surface area is 96.2 Å². The minimum Gasteiger partial charge on any atom is -0.391 e. The van der Waals surface area contributed by atoms with Crippen LogP contribution in [0.25, 0.3) is 0 Å². The van der Waals surface area contributed by atoms with Gasteiger partial charge in [-0.15, -0.1) is 0 Å². The fraction of sp³-hybridized carbons (Fsp3) is 0.333. The van der Waals surface area contributed by atoms with Crippen LogP contribution < -0.4 is 5.73 Å². The molecule has 0 heterocycles. The highest BCUT2D eigenvalue weighted by atomic mass is 127. The molecule has 0 bridgehead atoms. The number of aliphatic hydroxyl groups is 1. The number of nitrogens with two attached hydrogens (primary N) is 1. The first-order valence-corrected chi connectivity index (χ1v) is 5.37. The summed E-state index contributed by atoms with van der Waals surface area (Å²) in [6.45, 7) is 1.67. The van der Waals surface area contributed by atoms with Gasteiger partial charge in [0, 0.05) is 3.57 Å². The summed E-state index contributed by atoms with van der Waals surface area (Å²) < 4.78 is 0.912. The van der Waals surface area contributed by atoms with Gasteiger partial charge in [0.2, 0.25) is 0 Å². The van der Waals surface area contributed by atoms with E-state index in [1.165, 1.54) is 0 Å². The van der Waals surface area contributed by atoms with E-state index in [1.54, 1.807) is 6.92 Å². The molecule has 2 nitrogen and oxygen atoms in total. The second kappa shape index (κ2) is 4.59. The van der Waals surface area contributed by atoms with E-state index >= 15 is 0 Å². The third kappa shape index (κ3) is 2.56. The normalized spacial score (nSPS) is 15.5. The Morgan fingerprint density at radius 1 is 1.54 bits per heavy atom. The van der Waals surface area contributed by atoms with Crippen LogP contribution in [0.3, 0.4) is 0 Å². The van der Waals surface area contributed by atoms with E-state index in [-0.39, 0.29) is 6.04 Å². The lowest BCUT2D eigenvalue weighted by molar-refractivity contribution is 0.164. The minimum absolute atomic E-state index is 0.370. The van der Waals surface area contributed by atoms with Crippen LogP contribution in [0, 0.1) is 3.57 Å². The Hall–Kier alpha value is 0.160. The molecule has 1 rings (SSSR count). The van der Waals surface area contributed by atoms with Gasteiger partial charge in [-0.2, -0.15) is 0 Å². The van der Waals surface area contributed by atoms with Crippen molar-refractivity contribution in [2.45, 2.75) is 19.1 Å². The monoisotopic (exact) mass is 311 g/mol. The third-order valence-corrected chi connectivity index (χ3v) is 3.70. The van der Waals surface area contributed by atoms with Crippen molar-refractivity contribution < 1.29 is 5.11 Å². The van der Waals surface area contributed by atoms with Crippen molar-refractivity contribution in [3.8, 4) is 0 Å². The molecule has 0 aromatic heterocycles. The highest BCUT2D eigenvalue weighted by Gasteiger charge is 2.15. The smallest absolute Gasteiger partial charge is 0.0705 e. The first-order valence-electron chi connectivity index (χ1n) is 3.91. The zero-order valence-corrected chi connectivity index (χ0v) is 10.1. The maximum absolute atomic E-state index is 9.32. The molecular formula is C9H11ClINO. The number of rotatable bonds is 2. The lowest BCUT2D eigenvalue weighted by atomic mass is 10.0. The molecule has 13 heavy (non-hydrogen) atoms. The molecule has 0 aliphatic heterocycles. The molecule has 0 saturated carbocycles. The van der Waals surface area contributed by atoms with Gasteiger partial charge in [0.1, 0.15) is 0 Å². The summed E-state index contributed by atoms with van der Waals surface area (Å²) in [7, 11) is 0. The second-order valence-corrected chi connectivity index (χ2v) is 4.40. The van der Waals surface area contributed by atoms with E-state index in [1.807, 2.05) is 18.2 Å². The molecule has 0 radical (unpaired) electrons. The lowest BCUT2D eigenvalue weighted by Gasteiger charge is -2.17. The molecule has 72 valence electrons. The van der Waals surface area contributed by atoms with Crippen molar-refractivity contribution in [3.63, 3.8) is 0 Å². The topological polar surface area (TPSA) is 46.2 Å². The van der Waals surface area contributed by atoms with Crippen LogP contribution in [-0.4, -0.2) is 11.2 Å². The number of benzene rings is 1. The summed E-state index contributed by atoms with van der Waals surface area (Å²) in [5, 5.41) is 9.99. The van der Waals surface area contributed by atoms with Gasteiger partial charge in [-0.25, -0.2) is 0 Å². The summed E-state index contributed by atoms with van der Waals surface area (Å²) in [6.07, 6.45) is -0.563. The maximum Gasteiger partial charge on any atom is 0.0705 e. The van der Waals surface area contributed by atoms with Gasteiger partial charge >= 0.3 is 0 Å². The first kappa shape index (κ1) is 11.2. The van der Waals surface area contributed by atoms with Gasteiger partial charge < -0.3 is 10.8 Å². The van der Waals surface area contributed by atoms with Gasteiger partial charge in [-0.1, -0.05) is 23.7 Å². The van der Waals surface area contributed by atoms with Crippen LogP contribution in [-0.2, 0) is 0 Å². The van der Waals surface area contributed by atoms with Crippen molar-refractivity contribution in [1.82, 2.24) is 0 Å². The largest absolute Gasteiger partial charge is 0.391 e. The predicted octanol–water partition coefficient (Wildman–Crippen LogP) is 2.33. The lowest BCUT2D eigenvalue weighted by Crippen LogP contribution is -2.24. The van der Waals surface area contributed by atoms with Gasteiger partial charge in [0.05, 0.1) is 17.2 Å². The molecule has 2 atom stereocenters. The highest BCUT2D eigenvalue weighted by Crippen LogP contribution is 2.26. The average Bonchev–Trinajstić information content (AvgIpc) is 2.08. The van der Waals surface area contributed by atoms with Crippen molar-refractivity contribution in [2.75, 3.05) is 0 Å². The van der Waals surface area contributed by atoms with Crippen molar-refractivity contribution in [1.29, 1.82) is 0 Å². The van der Waals surface area contributed by atoms with E-state index in [2.05, 4.69) is 22.6 Å². The van der Waals surface area contributed by atoms with E-state index in [4.69, 9.17) is 17.3 Å². The summed E-state index contributed by atoms with van der Waals surface area (Å²) in [6, 6.07) is 5.15. The predicted molar refractivity (Wildman–Crippen MR) is 62.8 cm³/mol. The molecular weight excluding hydrogens is 300 g/mol. The zero-order chi connectivity index (χ0) is 10.0. The van der Waals surface area contributed by atoms with Crippen LogP contribution in [0.4, 0.5) is 0 Å². The summed E-state index contributed by atoms with van der Waals surface area (Å²) in [4.78, 5) is 0. The molecule has 1 aromatic rings. The Kier molecular flexibility index (Phi) is 3.97. The van der Waals surface area contributed by atoms with Gasteiger partial charge in [0.15, 0.2) is 0 Å². The fourth-order valence-corrected chi connectivity index (χ4v) is 1.94. The van der Waals surface area contributed by atoms with E-state index in [9.17, 15) is 5.11 Å². The summed E-state index contributed by atoms with van der Waals surface area (Å²) in [5.74, 6) is 0. The van der Waals surface area contributed by atoms with Crippen LogP contribution in [0.2, 0.25) is 5.02 Å². The van der Waals surface area contributed by atoms with Gasteiger partial charge in [0.25, 0.3) is 0 Å². The number of aliphatic hydroxyl groups excluding tert-OH is 1. The Bertz CT molecular complexity index is 304. The molecule has 0 unspecified atom stereocenters. The number of hydrogen-bond acceptors (Lipinski definition) is 2. The van der Waals surface area contributed by atoms with Crippen molar-refractivity contribution in [3.05, 3.63) is 32.4 Å². The molecule has 0 spiro atoms. The minimum atomic E-state index is -0.563. The SMILES string of the molecule is C[C@@H](O)[C@@H](N)c1cccc(Cl)c1I. The molecule has 0 fully saturated rings. The number of halogens is 2. The zero-order valence-electron chi connectivity index (χ0n) is 7.17. The fourth-order valence-electron chi connectivity index (χ4n) is 1.04. The molecule has 0 saturated heterocycles. The molecule has 0 amide bonds. The molecule has 1 aromatic carbocycles.